The number of terminal acetylenes is 1. The van der Waals surface area contributed by atoms with Crippen LogP contribution in [-0.4, -0.2) is 10.2 Å². The zero-order valence-electron chi connectivity index (χ0n) is 5.95. The average Bonchev–Trinajstić information content (AvgIpc) is 2.55. The summed E-state index contributed by atoms with van der Waals surface area (Å²) in [6.07, 6.45) is 9.00. The van der Waals surface area contributed by atoms with Crippen LogP contribution >= 0.6 is 0 Å². The van der Waals surface area contributed by atoms with Crippen LogP contribution in [0.25, 0.3) is 0 Å². The molecule has 1 heterocycles. The van der Waals surface area contributed by atoms with Gasteiger partial charge in [-0.25, -0.2) is 0 Å². The van der Waals surface area contributed by atoms with Gasteiger partial charge in [0, 0.05) is 2.85 Å². The average molecular weight is 157 g/mol. The minimum absolute atomic E-state index is 0. The Kier molecular flexibility index (Phi) is 5.21. The van der Waals surface area contributed by atoms with Gasteiger partial charge >= 0.3 is 12.8 Å². The third kappa shape index (κ3) is 3.05. The maximum Gasteiger partial charge on any atom is 0 e. The molecule has 1 rings (SSSR count). The quantitative estimate of drug-likeness (QED) is 0.496. The van der Waals surface area contributed by atoms with Gasteiger partial charge in [0.15, 0.2) is 0 Å². The fraction of sp³-hybridized carbons (Fsp3) is 0.250. The molecule has 0 unspecified atom stereocenters. The van der Waals surface area contributed by atoms with Gasteiger partial charge in [0.2, 0.25) is 0 Å². The van der Waals surface area contributed by atoms with E-state index in [4.69, 9.17) is 21.1 Å². The summed E-state index contributed by atoms with van der Waals surface area (Å²) in [5.74, 6) is 0.970. The molecule has 0 aliphatic rings. The fourth-order valence-electron chi connectivity index (χ4n) is 0.592. The molecule has 3 nitrogen and oxygen atoms in total. The monoisotopic (exact) mass is 157 g/mol. The Morgan fingerprint density at radius 2 is 1.64 bits per heavy atom. The molecule has 0 fully saturated rings. The van der Waals surface area contributed by atoms with Crippen LogP contribution in [0.4, 0.5) is 0 Å². The standard InChI is InChI=1S/C6H8O3.C2H.2H2/c7-3-5-1-2-6(4-8)9-5;1-2;;/h1-2,7-8H,3-4H2;1H;2*1H/q;+1;;. The van der Waals surface area contributed by atoms with Crippen LogP contribution in [0, 0.1) is 12.8 Å². The van der Waals surface area contributed by atoms with Crippen LogP contribution in [0.5, 0.6) is 0 Å². The van der Waals surface area contributed by atoms with Gasteiger partial charge in [0.25, 0.3) is 0 Å². The molecule has 3 heteroatoms. The Balaban J connectivity index is -0.000000234. The molecule has 0 aromatic carbocycles. The van der Waals surface area contributed by atoms with Crippen molar-refractivity contribution in [1.29, 1.82) is 0 Å². The summed E-state index contributed by atoms with van der Waals surface area (Å²) in [7, 11) is 0. The van der Waals surface area contributed by atoms with Crippen molar-refractivity contribution in [2.45, 2.75) is 13.2 Å². The molecular weight excluding hydrogens is 144 g/mol. The van der Waals surface area contributed by atoms with E-state index in [2.05, 4.69) is 6.42 Å². The number of hydrogen-bond donors (Lipinski definition) is 2. The molecule has 0 spiro atoms. The van der Waals surface area contributed by atoms with Crippen LogP contribution in [0.2, 0.25) is 0 Å². The summed E-state index contributed by atoms with van der Waals surface area (Å²) in [6, 6.07) is 3.26. The molecule has 0 aliphatic heterocycles. The Morgan fingerprint density at radius 1 is 1.27 bits per heavy atom. The van der Waals surface area contributed by atoms with Crippen LogP contribution in [0.1, 0.15) is 14.4 Å². The largest absolute Gasteiger partial charge is 0 e. The number of aliphatic hydroxyl groups is 2. The molecule has 0 saturated heterocycles. The van der Waals surface area contributed by atoms with E-state index in [9.17, 15) is 0 Å². The van der Waals surface area contributed by atoms with E-state index in [1.54, 1.807) is 12.1 Å². The first-order valence-corrected chi connectivity index (χ1v) is 2.95. The van der Waals surface area contributed by atoms with Gasteiger partial charge in [0.1, 0.15) is 24.7 Å². The molecule has 0 atom stereocenters. The van der Waals surface area contributed by atoms with Gasteiger partial charge in [0.05, 0.1) is 0 Å². The van der Waals surface area contributed by atoms with Gasteiger partial charge in [-0.1, -0.05) is 0 Å². The minimum atomic E-state index is -0.111. The second-order valence-corrected chi connectivity index (χ2v) is 1.68. The number of furan rings is 1. The second kappa shape index (κ2) is 5.74. The van der Waals surface area contributed by atoms with E-state index in [1.165, 1.54) is 0 Å². The van der Waals surface area contributed by atoms with Gasteiger partial charge in [-0.3, -0.25) is 0 Å². The van der Waals surface area contributed by atoms with E-state index in [-0.39, 0.29) is 16.1 Å². The van der Waals surface area contributed by atoms with Crippen LogP contribution in [-0.2, 0) is 13.2 Å². The first-order chi connectivity index (χ1) is 5.36. The Bertz CT molecular complexity index is 202. The molecule has 0 radical (unpaired) electrons. The van der Waals surface area contributed by atoms with E-state index in [1.807, 2.05) is 0 Å². The van der Waals surface area contributed by atoms with Crippen molar-refractivity contribution in [2.75, 3.05) is 0 Å². The number of aliphatic hydroxyl groups excluding tert-OH is 2. The first-order valence-electron chi connectivity index (χ1n) is 2.95. The number of rotatable bonds is 2. The maximum atomic E-state index is 8.47. The number of hydrogen-bond acceptors (Lipinski definition) is 3. The summed E-state index contributed by atoms with van der Waals surface area (Å²) in [4.78, 5) is 0. The van der Waals surface area contributed by atoms with Crippen LogP contribution < -0.4 is 0 Å². The van der Waals surface area contributed by atoms with Crippen molar-refractivity contribution in [2.24, 2.45) is 0 Å². The van der Waals surface area contributed by atoms with Crippen LogP contribution in [0.15, 0.2) is 16.5 Å². The second-order valence-electron chi connectivity index (χ2n) is 1.68. The van der Waals surface area contributed by atoms with Crippen molar-refractivity contribution in [1.82, 2.24) is 0 Å². The van der Waals surface area contributed by atoms with Gasteiger partial charge in [-0.15, -0.1) is 0 Å². The van der Waals surface area contributed by atoms with Crippen molar-refractivity contribution >= 4 is 0 Å². The summed E-state index contributed by atoms with van der Waals surface area (Å²) in [5.41, 5.74) is 0. The molecule has 11 heavy (non-hydrogen) atoms. The van der Waals surface area contributed by atoms with Gasteiger partial charge in [-0.05, 0) is 12.1 Å². The Labute approximate surface area is 68.2 Å². The smallest absolute Gasteiger partial charge is 0 e. The SMILES string of the molecule is OCc1ccc(CO)o1.[C+]#C.[HH].[HH]. The van der Waals surface area contributed by atoms with E-state index >= 15 is 0 Å². The normalized spacial score (nSPS) is 8.64. The summed E-state index contributed by atoms with van der Waals surface area (Å²) in [6.45, 7) is -0.222. The zero-order valence-corrected chi connectivity index (χ0v) is 5.95. The van der Waals surface area contributed by atoms with E-state index < -0.39 is 0 Å². The Morgan fingerprint density at radius 3 is 1.82 bits per heavy atom. The molecule has 0 saturated carbocycles. The minimum Gasteiger partial charge on any atom is 0 e. The molecule has 2 N–H and O–H groups in total. The Hall–Kier alpha value is -1.02. The van der Waals surface area contributed by atoms with Crippen molar-refractivity contribution in [3.63, 3.8) is 0 Å². The fourth-order valence-corrected chi connectivity index (χ4v) is 0.592. The summed E-state index contributed by atoms with van der Waals surface area (Å²) < 4.78 is 4.88. The molecule has 1 aromatic rings. The van der Waals surface area contributed by atoms with Crippen molar-refractivity contribution < 1.29 is 17.5 Å². The van der Waals surface area contributed by atoms with Gasteiger partial charge < -0.3 is 14.6 Å². The first kappa shape index (κ1) is 9.98. The van der Waals surface area contributed by atoms with E-state index in [0.29, 0.717) is 11.5 Å². The van der Waals surface area contributed by atoms with Gasteiger partial charge in [-0.2, -0.15) is 0 Å². The molecule has 1 aromatic heterocycles. The third-order valence-electron chi connectivity index (χ3n) is 1.03. The predicted molar refractivity (Wildman–Crippen MR) is 43.0 cm³/mol. The van der Waals surface area contributed by atoms with Crippen molar-refractivity contribution in [3.05, 3.63) is 30.1 Å². The molecule has 0 amide bonds. The third-order valence-corrected chi connectivity index (χ3v) is 1.03. The van der Waals surface area contributed by atoms with E-state index in [0.717, 1.165) is 0 Å². The molecule has 0 bridgehead atoms. The summed E-state index contributed by atoms with van der Waals surface area (Å²) >= 11 is 0. The van der Waals surface area contributed by atoms with Crippen molar-refractivity contribution in [3.8, 4) is 6.42 Å². The molecule has 0 aliphatic carbocycles. The molecular formula is C8H13O3+. The maximum absolute atomic E-state index is 8.47. The zero-order chi connectivity index (χ0) is 8.69. The molecule has 62 valence electrons. The van der Waals surface area contributed by atoms with Crippen LogP contribution in [0.3, 0.4) is 0 Å². The summed E-state index contributed by atoms with van der Waals surface area (Å²) in [5, 5.41) is 16.9. The topological polar surface area (TPSA) is 53.6 Å². The predicted octanol–water partition coefficient (Wildman–Crippen LogP) is 0.962.